The van der Waals surface area contributed by atoms with Crippen molar-refractivity contribution in [3.8, 4) is 0 Å². The van der Waals surface area contributed by atoms with E-state index in [2.05, 4.69) is 10.1 Å². The van der Waals surface area contributed by atoms with Crippen LogP contribution >= 0.6 is 0 Å². The number of ether oxygens (including phenoxy) is 2. The standard InChI is InChI=1S/C13H21NO6/c1-19-12(18)3-2-8-9-4-11(17)14-6-13(9,7-16)20-10(8)5-15/h8-10,15-16H,2-7H2,1H3,(H,14,17)/t8-,9-,10-,13+/m1/s1. The Bertz CT molecular complexity index is 387. The number of rotatable bonds is 5. The second-order valence-corrected chi connectivity index (χ2v) is 5.43. The predicted molar refractivity (Wildman–Crippen MR) is 67.6 cm³/mol. The Morgan fingerprint density at radius 2 is 2.30 bits per heavy atom. The van der Waals surface area contributed by atoms with Crippen molar-refractivity contribution in [1.29, 1.82) is 0 Å². The number of carbonyl (C=O) groups is 2. The minimum Gasteiger partial charge on any atom is -0.469 e. The highest BCUT2D eigenvalue weighted by atomic mass is 16.5. The van der Waals surface area contributed by atoms with Crippen LogP contribution in [0.3, 0.4) is 0 Å². The topological polar surface area (TPSA) is 105 Å². The third-order valence-electron chi connectivity index (χ3n) is 4.40. The first-order valence-corrected chi connectivity index (χ1v) is 6.79. The molecule has 7 heteroatoms. The summed E-state index contributed by atoms with van der Waals surface area (Å²) in [6.45, 7) is -0.181. The molecule has 2 rings (SSSR count). The van der Waals surface area contributed by atoms with Crippen LogP contribution in [-0.2, 0) is 19.1 Å². The number of piperidine rings is 1. The minimum atomic E-state index is -0.845. The summed E-state index contributed by atoms with van der Waals surface area (Å²) in [5.41, 5.74) is -0.845. The van der Waals surface area contributed by atoms with E-state index in [0.29, 0.717) is 6.42 Å². The van der Waals surface area contributed by atoms with Crippen molar-refractivity contribution >= 4 is 11.9 Å². The molecular weight excluding hydrogens is 266 g/mol. The van der Waals surface area contributed by atoms with Gasteiger partial charge in [-0.3, -0.25) is 9.59 Å². The predicted octanol–water partition coefficient (Wildman–Crippen LogP) is -1.19. The van der Waals surface area contributed by atoms with Crippen molar-refractivity contribution in [3.63, 3.8) is 0 Å². The number of aliphatic hydroxyl groups excluding tert-OH is 2. The van der Waals surface area contributed by atoms with Crippen LogP contribution in [0.5, 0.6) is 0 Å². The molecule has 0 aromatic heterocycles. The average Bonchev–Trinajstić information content (AvgIpc) is 2.78. The summed E-state index contributed by atoms with van der Waals surface area (Å²) < 4.78 is 10.4. The van der Waals surface area contributed by atoms with Gasteiger partial charge >= 0.3 is 5.97 Å². The fraction of sp³-hybridized carbons (Fsp3) is 0.846. The van der Waals surface area contributed by atoms with Crippen molar-refractivity contribution in [2.45, 2.75) is 31.0 Å². The van der Waals surface area contributed by atoms with Gasteiger partial charge in [-0.05, 0) is 12.3 Å². The van der Waals surface area contributed by atoms with Crippen molar-refractivity contribution in [3.05, 3.63) is 0 Å². The molecule has 114 valence electrons. The second kappa shape index (κ2) is 6.07. The van der Waals surface area contributed by atoms with E-state index >= 15 is 0 Å². The van der Waals surface area contributed by atoms with E-state index in [1.54, 1.807) is 0 Å². The number of nitrogens with one attached hydrogen (secondary N) is 1. The molecule has 0 aromatic rings. The maximum absolute atomic E-state index is 11.6. The Morgan fingerprint density at radius 3 is 2.90 bits per heavy atom. The highest BCUT2D eigenvalue weighted by Gasteiger charge is 2.56. The van der Waals surface area contributed by atoms with Gasteiger partial charge in [0.2, 0.25) is 5.91 Å². The monoisotopic (exact) mass is 287 g/mol. The molecule has 0 aliphatic carbocycles. The zero-order valence-electron chi connectivity index (χ0n) is 11.5. The van der Waals surface area contributed by atoms with E-state index in [0.717, 1.165) is 0 Å². The molecule has 3 N–H and O–H groups in total. The average molecular weight is 287 g/mol. The summed E-state index contributed by atoms with van der Waals surface area (Å²) in [6, 6.07) is 0. The van der Waals surface area contributed by atoms with Crippen LogP contribution in [0.4, 0.5) is 0 Å². The molecule has 4 atom stereocenters. The molecule has 2 aliphatic rings. The number of fused-ring (bicyclic) bond motifs is 1. The molecule has 0 spiro atoms. The SMILES string of the molecule is COC(=O)CC[C@@H]1[C@H]2CC(=O)NC[C@@]2(CO)O[C@@H]1CO. The van der Waals surface area contributed by atoms with E-state index in [1.165, 1.54) is 7.11 Å². The number of hydrogen-bond acceptors (Lipinski definition) is 6. The maximum atomic E-state index is 11.6. The molecule has 2 aliphatic heterocycles. The molecule has 7 nitrogen and oxygen atoms in total. The second-order valence-electron chi connectivity index (χ2n) is 5.43. The quantitative estimate of drug-likeness (QED) is 0.549. The van der Waals surface area contributed by atoms with Crippen molar-refractivity contribution in [2.75, 3.05) is 26.9 Å². The lowest BCUT2D eigenvalue weighted by Crippen LogP contribution is -2.56. The van der Waals surface area contributed by atoms with Gasteiger partial charge < -0.3 is 25.0 Å². The van der Waals surface area contributed by atoms with Crippen molar-refractivity contribution in [2.24, 2.45) is 11.8 Å². The zero-order chi connectivity index (χ0) is 14.8. The number of hydrogen-bond donors (Lipinski definition) is 3. The Balaban J connectivity index is 2.14. The lowest BCUT2D eigenvalue weighted by Gasteiger charge is -2.37. The van der Waals surface area contributed by atoms with Gasteiger partial charge in [0.25, 0.3) is 0 Å². The molecule has 0 aromatic carbocycles. The first-order valence-electron chi connectivity index (χ1n) is 6.79. The minimum absolute atomic E-state index is 0.0932. The summed E-state index contributed by atoms with van der Waals surface area (Å²) in [5.74, 6) is -0.756. The largest absolute Gasteiger partial charge is 0.469 e. The summed E-state index contributed by atoms with van der Waals surface area (Å²) >= 11 is 0. The first-order chi connectivity index (χ1) is 9.56. The van der Waals surface area contributed by atoms with Gasteiger partial charge in [-0.2, -0.15) is 0 Å². The Morgan fingerprint density at radius 1 is 1.55 bits per heavy atom. The van der Waals surface area contributed by atoms with Crippen LogP contribution < -0.4 is 5.32 Å². The zero-order valence-corrected chi connectivity index (χ0v) is 11.5. The molecule has 20 heavy (non-hydrogen) atoms. The highest BCUT2D eigenvalue weighted by Crippen LogP contribution is 2.46. The van der Waals surface area contributed by atoms with E-state index in [1.807, 2.05) is 0 Å². The smallest absolute Gasteiger partial charge is 0.305 e. The van der Waals surface area contributed by atoms with Gasteiger partial charge in [-0.25, -0.2) is 0 Å². The van der Waals surface area contributed by atoms with Crippen LogP contribution in [-0.4, -0.2) is 60.7 Å². The molecule has 1 amide bonds. The van der Waals surface area contributed by atoms with Gasteiger partial charge in [0.1, 0.15) is 5.60 Å². The molecule has 2 saturated heterocycles. The number of aliphatic hydroxyl groups is 2. The summed E-state index contributed by atoms with van der Waals surface area (Å²) in [7, 11) is 1.32. The molecule has 2 heterocycles. The lowest BCUT2D eigenvalue weighted by molar-refractivity contribution is -0.141. The van der Waals surface area contributed by atoms with E-state index in [-0.39, 0.29) is 56.3 Å². The summed E-state index contributed by atoms with van der Waals surface area (Å²) in [5, 5.41) is 21.8. The normalized spacial score (nSPS) is 36.4. The van der Waals surface area contributed by atoms with Crippen LogP contribution in [0.15, 0.2) is 0 Å². The third-order valence-corrected chi connectivity index (χ3v) is 4.40. The molecule has 2 fully saturated rings. The first kappa shape index (κ1) is 15.2. The van der Waals surface area contributed by atoms with Crippen LogP contribution in [0.25, 0.3) is 0 Å². The van der Waals surface area contributed by atoms with Crippen molar-refractivity contribution in [1.82, 2.24) is 5.32 Å². The fourth-order valence-corrected chi connectivity index (χ4v) is 3.31. The van der Waals surface area contributed by atoms with Crippen molar-refractivity contribution < 1.29 is 29.3 Å². The van der Waals surface area contributed by atoms with Gasteiger partial charge in [-0.15, -0.1) is 0 Å². The molecular formula is C13H21NO6. The molecule has 0 saturated carbocycles. The third kappa shape index (κ3) is 2.65. The maximum Gasteiger partial charge on any atom is 0.305 e. The number of carbonyl (C=O) groups excluding carboxylic acids is 2. The fourth-order valence-electron chi connectivity index (χ4n) is 3.31. The van der Waals surface area contributed by atoms with Gasteiger partial charge in [0.05, 0.1) is 26.4 Å². The molecule has 0 unspecified atom stereocenters. The summed E-state index contributed by atoms with van der Waals surface area (Å²) in [6.07, 6.45) is 0.450. The number of methoxy groups -OCH3 is 1. The van der Waals surface area contributed by atoms with Crippen LogP contribution in [0.1, 0.15) is 19.3 Å². The number of esters is 1. The Hall–Kier alpha value is -1.18. The van der Waals surface area contributed by atoms with E-state index in [4.69, 9.17) is 4.74 Å². The molecule has 0 bridgehead atoms. The van der Waals surface area contributed by atoms with Crippen LogP contribution in [0.2, 0.25) is 0 Å². The summed E-state index contributed by atoms with van der Waals surface area (Å²) in [4.78, 5) is 22.9. The van der Waals surface area contributed by atoms with Gasteiger partial charge in [-0.1, -0.05) is 0 Å². The Labute approximate surface area is 117 Å². The van der Waals surface area contributed by atoms with E-state index < -0.39 is 11.7 Å². The van der Waals surface area contributed by atoms with Crippen LogP contribution in [0, 0.1) is 11.8 Å². The highest BCUT2D eigenvalue weighted by molar-refractivity contribution is 5.77. The van der Waals surface area contributed by atoms with Gasteiger partial charge in [0.15, 0.2) is 0 Å². The molecule has 0 radical (unpaired) electrons. The lowest BCUT2D eigenvalue weighted by atomic mass is 9.73. The van der Waals surface area contributed by atoms with Gasteiger partial charge in [0, 0.05) is 25.3 Å². The van der Waals surface area contributed by atoms with E-state index in [9.17, 15) is 19.8 Å². The Kier molecular flexibility index (Phi) is 4.62. The number of amides is 1.